The van der Waals surface area contributed by atoms with Gasteiger partial charge in [-0.25, -0.2) is 4.98 Å². The van der Waals surface area contributed by atoms with E-state index in [1.54, 1.807) is 43.3 Å². The average molecular weight is 364 g/mol. The van der Waals surface area contributed by atoms with Crippen molar-refractivity contribution in [3.05, 3.63) is 57.8 Å². The molecule has 2 aromatic rings. The number of thioether (sulfide) groups is 1. The Labute approximate surface area is 157 Å². The van der Waals surface area contributed by atoms with Crippen LogP contribution in [0.15, 0.2) is 35.4 Å². The zero-order valence-corrected chi connectivity index (χ0v) is 15.6. The lowest BCUT2D eigenvalue weighted by Crippen LogP contribution is -2.21. The fourth-order valence-electron chi connectivity index (χ4n) is 2.52. The van der Waals surface area contributed by atoms with Crippen molar-refractivity contribution in [3.8, 4) is 12.1 Å². The van der Waals surface area contributed by atoms with Gasteiger partial charge in [-0.1, -0.05) is 49.0 Å². The molecule has 1 aromatic heterocycles. The molecule has 1 amide bonds. The fourth-order valence-corrected chi connectivity index (χ4v) is 3.47. The second kappa shape index (κ2) is 8.37. The van der Waals surface area contributed by atoms with Crippen molar-refractivity contribution in [2.75, 3.05) is 19.0 Å². The van der Waals surface area contributed by atoms with Gasteiger partial charge in [-0.15, -0.1) is 0 Å². The van der Waals surface area contributed by atoms with E-state index in [0.717, 1.165) is 11.8 Å². The highest BCUT2D eigenvalue weighted by atomic mass is 32.2. The lowest BCUT2D eigenvalue weighted by atomic mass is 10.0. The Hall–Kier alpha value is -3.03. The number of primary amides is 1. The molecule has 0 aliphatic carbocycles. The standard InChI is InChI=1S/C19H18N5OS/c1-4-13-14(10-20)18(24(2)3)23-19(15(13)11-21)26-16(17(22)25)12-8-6-5-7-9-12/h5-9H,4H2,1-3H3,(H2,22,25). The molecule has 7 heteroatoms. The minimum Gasteiger partial charge on any atom is -0.368 e. The number of benzene rings is 1. The second-order valence-electron chi connectivity index (χ2n) is 5.60. The third-order valence-electron chi connectivity index (χ3n) is 3.71. The molecule has 0 aliphatic rings. The molecule has 0 saturated heterocycles. The Bertz CT molecular complexity index is 897. The first-order valence-electron chi connectivity index (χ1n) is 7.88. The van der Waals surface area contributed by atoms with E-state index in [-0.39, 0.29) is 0 Å². The highest BCUT2D eigenvalue weighted by Crippen LogP contribution is 2.38. The van der Waals surface area contributed by atoms with E-state index >= 15 is 0 Å². The highest BCUT2D eigenvalue weighted by molar-refractivity contribution is 8.03. The van der Waals surface area contributed by atoms with Crippen LogP contribution in [0.2, 0.25) is 0 Å². The summed E-state index contributed by atoms with van der Waals surface area (Å²) in [4.78, 5) is 18.2. The minimum absolute atomic E-state index is 0.297. The van der Waals surface area contributed by atoms with Crippen LogP contribution in [0, 0.1) is 27.9 Å². The number of carbonyl (C=O) groups excluding carboxylic acids is 1. The number of hydrogen-bond donors (Lipinski definition) is 1. The smallest absolute Gasteiger partial charge is 0.240 e. The first-order valence-corrected chi connectivity index (χ1v) is 8.70. The maximum atomic E-state index is 12.0. The number of amides is 1. The molecule has 1 radical (unpaired) electrons. The van der Waals surface area contributed by atoms with Crippen molar-refractivity contribution >= 4 is 23.5 Å². The summed E-state index contributed by atoms with van der Waals surface area (Å²) >= 11 is 1.05. The molecule has 0 saturated carbocycles. The fraction of sp³-hybridized carbons (Fsp3) is 0.211. The van der Waals surface area contributed by atoms with Gasteiger partial charge < -0.3 is 10.6 Å². The van der Waals surface area contributed by atoms with Crippen molar-refractivity contribution in [2.45, 2.75) is 18.4 Å². The van der Waals surface area contributed by atoms with Crippen LogP contribution in [0.4, 0.5) is 5.82 Å². The van der Waals surface area contributed by atoms with E-state index in [9.17, 15) is 15.3 Å². The molecule has 0 atom stereocenters. The molecule has 0 spiro atoms. The second-order valence-corrected chi connectivity index (χ2v) is 6.60. The minimum atomic E-state index is -0.597. The zero-order valence-electron chi connectivity index (χ0n) is 14.8. The van der Waals surface area contributed by atoms with Crippen molar-refractivity contribution < 1.29 is 4.79 Å². The first kappa shape index (κ1) is 19.3. The lowest BCUT2D eigenvalue weighted by molar-refractivity contribution is -0.115. The molecule has 6 nitrogen and oxygen atoms in total. The summed E-state index contributed by atoms with van der Waals surface area (Å²) in [5.74, 6) is -0.136. The van der Waals surface area contributed by atoms with E-state index in [1.165, 1.54) is 0 Å². The summed E-state index contributed by atoms with van der Waals surface area (Å²) < 4.78 is 0. The number of nitriles is 2. The number of aromatic nitrogens is 1. The lowest BCUT2D eigenvalue weighted by Gasteiger charge is -2.20. The summed E-state index contributed by atoms with van der Waals surface area (Å²) in [6.07, 6.45) is 0.500. The van der Waals surface area contributed by atoms with Gasteiger partial charge in [0.25, 0.3) is 0 Å². The van der Waals surface area contributed by atoms with Crippen LogP contribution in [-0.2, 0) is 11.2 Å². The first-order chi connectivity index (χ1) is 12.4. The zero-order chi connectivity index (χ0) is 19.3. The van der Waals surface area contributed by atoms with Gasteiger partial charge in [-0.3, -0.25) is 4.79 Å². The van der Waals surface area contributed by atoms with Crippen molar-refractivity contribution in [2.24, 2.45) is 5.73 Å². The van der Waals surface area contributed by atoms with Crippen molar-refractivity contribution in [1.82, 2.24) is 4.98 Å². The monoisotopic (exact) mass is 364 g/mol. The number of pyridine rings is 1. The molecule has 0 aliphatic heterocycles. The maximum Gasteiger partial charge on any atom is 0.240 e. The number of rotatable bonds is 6. The summed E-state index contributed by atoms with van der Waals surface area (Å²) in [5, 5.41) is 19.8. The van der Waals surface area contributed by atoms with Crippen LogP contribution in [0.3, 0.4) is 0 Å². The van der Waals surface area contributed by atoms with Gasteiger partial charge in [-0.05, 0) is 17.5 Å². The SMILES string of the molecule is CCc1c(C#N)c(S[C](C(N)=O)c2ccccc2)nc(N(C)C)c1C#N. The Balaban J connectivity index is 2.65. The third kappa shape index (κ3) is 3.79. The van der Waals surface area contributed by atoms with E-state index in [4.69, 9.17) is 5.73 Å². The van der Waals surface area contributed by atoms with Crippen LogP contribution in [0.25, 0.3) is 0 Å². The predicted molar refractivity (Wildman–Crippen MR) is 101 cm³/mol. The molecule has 2 N–H and O–H groups in total. The van der Waals surface area contributed by atoms with Gasteiger partial charge in [0.1, 0.15) is 23.0 Å². The van der Waals surface area contributed by atoms with Crippen LogP contribution in [0.1, 0.15) is 29.2 Å². The summed E-state index contributed by atoms with van der Waals surface area (Å²) in [6.45, 7) is 1.88. The Morgan fingerprint density at radius 2 is 1.81 bits per heavy atom. The summed E-state index contributed by atoms with van der Waals surface area (Å²) in [7, 11) is 3.55. The number of nitrogens with zero attached hydrogens (tertiary/aromatic N) is 4. The van der Waals surface area contributed by atoms with E-state index < -0.39 is 5.91 Å². The molecule has 0 unspecified atom stereocenters. The van der Waals surface area contributed by atoms with Crippen LogP contribution < -0.4 is 10.6 Å². The van der Waals surface area contributed by atoms with Gasteiger partial charge in [0.2, 0.25) is 5.91 Å². The van der Waals surface area contributed by atoms with Gasteiger partial charge in [0.05, 0.1) is 11.1 Å². The molecule has 1 aromatic carbocycles. The third-order valence-corrected chi connectivity index (χ3v) is 4.84. The summed E-state index contributed by atoms with van der Waals surface area (Å²) in [5.41, 5.74) is 7.51. The summed E-state index contributed by atoms with van der Waals surface area (Å²) in [6, 6.07) is 13.3. The predicted octanol–water partition coefficient (Wildman–Crippen LogP) is 2.61. The molecule has 26 heavy (non-hydrogen) atoms. The Morgan fingerprint density at radius 1 is 1.19 bits per heavy atom. The van der Waals surface area contributed by atoms with Gasteiger partial charge in [0, 0.05) is 14.1 Å². The van der Waals surface area contributed by atoms with Gasteiger partial charge in [0.15, 0.2) is 5.25 Å². The molecule has 1 heterocycles. The number of hydrogen-bond acceptors (Lipinski definition) is 6. The van der Waals surface area contributed by atoms with Gasteiger partial charge >= 0.3 is 0 Å². The van der Waals surface area contributed by atoms with Crippen molar-refractivity contribution in [3.63, 3.8) is 0 Å². The van der Waals surface area contributed by atoms with Crippen LogP contribution >= 0.6 is 11.8 Å². The molecule has 2 rings (SSSR count). The number of carbonyl (C=O) groups is 1. The Kier molecular flexibility index (Phi) is 6.21. The largest absolute Gasteiger partial charge is 0.368 e. The van der Waals surface area contributed by atoms with E-state index in [1.807, 2.05) is 13.0 Å². The molecule has 0 bridgehead atoms. The average Bonchev–Trinajstić information content (AvgIpc) is 2.64. The van der Waals surface area contributed by atoms with Crippen LogP contribution in [-0.4, -0.2) is 25.0 Å². The van der Waals surface area contributed by atoms with Crippen molar-refractivity contribution in [1.29, 1.82) is 10.5 Å². The van der Waals surface area contributed by atoms with E-state index in [0.29, 0.717) is 44.8 Å². The Morgan fingerprint density at radius 3 is 2.27 bits per heavy atom. The highest BCUT2D eigenvalue weighted by Gasteiger charge is 2.26. The quantitative estimate of drug-likeness (QED) is 0.790. The molecular formula is C19H18N5OS. The molecular weight excluding hydrogens is 346 g/mol. The number of nitrogens with two attached hydrogens (primary N) is 1. The van der Waals surface area contributed by atoms with Crippen LogP contribution in [0.5, 0.6) is 0 Å². The van der Waals surface area contributed by atoms with E-state index in [2.05, 4.69) is 17.1 Å². The van der Waals surface area contributed by atoms with Gasteiger partial charge in [-0.2, -0.15) is 10.5 Å². The number of anilines is 1. The maximum absolute atomic E-state index is 12.0. The topological polar surface area (TPSA) is 107 Å². The normalized spacial score (nSPS) is 10.2. The molecule has 131 valence electrons. The molecule has 0 fully saturated rings.